The van der Waals surface area contributed by atoms with Crippen LogP contribution in [0.2, 0.25) is 0 Å². The second-order valence-electron chi connectivity index (χ2n) is 4.31. The Balaban J connectivity index is 1.77. The van der Waals surface area contributed by atoms with Crippen LogP contribution in [-0.4, -0.2) is 22.2 Å². The Bertz CT molecular complexity index is 565. The Morgan fingerprint density at radius 3 is 2.84 bits per heavy atom. The predicted octanol–water partition coefficient (Wildman–Crippen LogP) is 2.62. The Hall–Kier alpha value is -1.37. The molecule has 0 unspecified atom stereocenters. The number of aromatic nitrogens is 2. The van der Waals surface area contributed by atoms with Crippen LogP contribution in [0.5, 0.6) is 0 Å². The van der Waals surface area contributed by atoms with Crippen LogP contribution >= 0.6 is 22.6 Å². The lowest BCUT2D eigenvalue weighted by atomic mass is 10.2. The van der Waals surface area contributed by atoms with E-state index in [-0.39, 0.29) is 5.91 Å². The largest absolute Gasteiger partial charge is 0.352 e. The first-order chi connectivity index (χ1) is 9.16. The minimum Gasteiger partial charge on any atom is -0.352 e. The predicted molar refractivity (Wildman–Crippen MR) is 83.1 cm³/mol. The van der Waals surface area contributed by atoms with E-state index in [4.69, 9.17) is 0 Å². The van der Waals surface area contributed by atoms with Crippen LogP contribution in [0.15, 0.2) is 36.5 Å². The summed E-state index contributed by atoms with van der Waals surface area (Å²) in [4.78, 5) is 11.9. The van der Waals surface area contributed by atoms with Gasteiger partial charge in [0.2, 0.25) is 0 Å². The summed E-state index contributed by atoms with van der Waals surface area (Å²) in [6.07, 6.45) is 2.83. The summed E-state index contributed by atoms with van der Waals surface area (Å²) in [6, 6.07) is 9.56. The molecule has 0 bridgehead atoms. The van der Waals surface area contributed by atoms with E-state index in [1.54, 1.807) is 0 Å². The van der Waals surface area contributed by atoms with Gasteiger partial charge in [-0.3, -0.25) is 9.48 Å². The molecule has 0 saturated heterocycles. The van der Waals surface area contributed by atoms with E-state index in [0.29, 0.717) is 6.54 Å². The third-order valence-electron chi connectivity index (χ3n) is 2.74. The molecular formula is C14H16IN3O. The van der Waals surface area contributed by atoms with E-state index in [1.807, 2.05) is 48.1 Å². The average molecular weight is 369 g/mol. The van der Waals surface area contributed by atoms with Crippen molar-refractivity contribution in [2.75, 3.05) is 6.54 Å². The molecule has 5 heteroatoms. The van der Waals surface area contributed by atoms with E-state index >= 15 is 0 Å². The molecule has 1 aromatic carbocycles. The first-order valence-corrected chi connectivity index (χ1v) is 7.27. The van der Waals surface area contributed by atoms with Crippen molar-refractivity contribution in [1.82, 2.24) is 15.1 Å². The molecule has 0 atom stereocenters. The molecular weight excluding hydrogens is 353 g/mol. The fourth-order valence-corrected chi connectivity index (χ4v) is 2.40. The van der Waals surface area contributed by atoms with Crippen LogP contribution in [-0.2, 0) is 6.54 Å². The number of halogens is 1. The summed E-state index contributed by atoms with van der Waals surface area (Å²) >= 11 is 2.17. The fourth-order valence-electron chi connectivity index (χ4n) is 1.77. The third kappa shape index (κ3) is 4.05. The zero-order valence-electron chi connectivity index (χ0n) is 10.8. The van der Waals surface area contributed by atoms with Crippen LogP contribution in [0, 0.1) is 10.5 Å². The number of nitrogens with one attached hydrogen (secondary N) is 1. The van der Waals surface area contributed by atoms with Crippen molar-refractivity contribution in [2.45, 2.75) is 19.9 Å². The maximum Gasteiger partial charge on any atom is 0.252 e. The molecule has 100 valence electrons. The second-order valence-corrected chi connectivity index (χ2v) is 5.47. The van der Waals surface area contributed by atoms with Crippen LogP contribution < -0.4 is 5.32 Å². The number of carbonyl (C=O) groups excluding carboxylic acids is 1. The molecule has 0 spiro atoms. The number of hydrogen-bond acceptors (Lipinski definition) is 2. The first kappa shape index (κ1) is 14.0. The van der Waals surface area contributed by atoms with Gasteiger partial charge < -0.3 is 5.32 Å². The zero-order chi connectivity index (χ0) is 13.7. The van der Waals surface area contributed by atoms with Crippen molar-refractivity contribution in [1.29, 1.82) is 0 Å². The van der Waals surface area contributed by atoms with Crippen molar-refractivity contribution >= 4 is 28.5 Å². The van der Waals surface area contributed by atoms with Crippen molar-refractivity contribution < 1.29 is 4.79 Å². The molecule has 2 rings (SSSR count). The Morgan fingerprint density at radius 1 is 1.37 bits per heavy atom. The quantitative estimate of drug-likeness (QED) is 0.651. The van der Waals surface area contributed by atoms with Crippen LogP contribution in [0.25, 0.3) is 0 Å². The molecule has 0 aliphatic carbocycles. The van der Waals surface area contributed by atoms with Crippen molar-refractivity contribution in [3.63, 3.8) is 0 Å². The molecule has 19 heavy (non-hydrogen) atoms. The highest BCUT2D eigenvalue weighted by atomic mass is 127. The van der Waals surface area contributed by atoms with Gasteiger partial charge in [-0.15, -0.1) is 0 Å². The average Bonchev–Trinajstić information content (AvgIpc) is 2.81. The SMILES string of the molecule is Cc1ccn(CCCNC(=O)c2ccccc2I)n1. The van der Waals surface area contributed by atoms with Crippen molar-refractivity contribution in [2.24, 2.45) is 0 Å². The normalized spacial score (nSPS) is 10.4. The van der Waals surface area contributed by atoms with Crippen LogP contribution in [0.1, 0.15) is 22.5 Å². The summed E-state index contributed by atoms with van der Waals surface area (Å²) in [7, 11) is 0. The topological polar surface area (TPSA) is 46.9 Å². The van der Waals surface area contributed by atoms with E-state index in [0.717, 1.165) is 27.8 Å². The van der Waals surface area contributed by atoms with Gasteiger partial charge >= 0.3 is 0 Å². The Labute approximate surface area is 126 Å². The van der Waals surface area contributed by atoms with E-state index in [2.05, 4.69) is 33.0 Å². The van der Waals surface area contributed by atoms with E-state index < -0.39 is 0 Å². The lowest BCUT2D eigenvalue weighted by molar-refractivity contribution is 0.0951. The number of nitrogens with zero attached hydrogens (tertiary/aromatic N) is 2. The maximum absolute atomic E-state index is 11.9. The molecule has 2 aromatic rings. The lowest BCUT2D eigenvalue weighted by Crippen LogP contribution is -2.26. The van der Waals surface area contributed by atoms with Crippen LogP contribution in [0.3, 0.4) is 0 Å². The maximum atomic E-state index is 11.9. The highest BCUT2D eigenvalue weighted by Crippen LogP contribution is 2.10. The van der Waals surface area contributed by atoms with Gasteiger partial charge in [0.05, 0.1) is 11.3 Å². The number of amides is 1. The first-order valence-electron chi connectivity index (χ1n) is 6.19. The monoisotopic (exact) mass is 369 g/mol. The number of aryl methyl sites for hydroxylation is 2. The van der Waals surface area contributed by atoms with Gasteiger partial charge in [-0.25, -0.2) is 0 Å². The summed E-state index contributed by atoms with van der Waals surface area (Å²) in [6.45, 7) is 3.44. The Morgan fingerprint density at radius 2 is 2.16 bits per heavy atom. The number of carbonyl (C=O) groups is 1. The summed E-state index contributed by atoms with van der Waals surface area (Å²) < 4.78 is 2.87. The van der Waals surface area contributed by atoms with Crippen molar-refractivity contribution in [3.8, 4) is 0 Å². The minimum absolute atomic E-state index is 0.0124. The van der Waals surface area contributed by atoms with Crippen molar-refractivity contribution in [3.05, 3.63) is 51.4 Å². The molecule has 1 aromatic heterocycles. The molecule has 0 aliphatic heterocycles. The molecule has 0 radical (unpaired) electrons. The minimum atomic E-state index is -0.0124. The van der Waals surface area contributed by atoms with Gasteiger partial charge in [0.25, 0.3) is 5.91 Å². The van der Waals surface area contributed by atoms with Gasteiger partial charge in [0.15, 0.2) is 0 Å². The molecule has 0 saturated carbocycles. The number of benzene rings is 1. The number of hydrogen-bond donors (Lipinski definition) is 1. The third-order valence-corrected chi connectivity index (χ3v) is 3.68. The molecule has 1 heterocycles. The summed E-state index contributed by atoms with van der Waals surface area (Å²) in [5, 5.41) is 7.23. The fraction of sp³-hybridized carbons (Fsp3) is 0.286. The zero-order valence-corrected chi connectivity index (χ0v) is 12.9. The molecule has 0 fully saturated rings. The summed E-state index contributed by atoms with van der Waals surface area (Å²) in [5.41, 5.74) is 1.75. The molecule has 1 amide bonds. The van der Waals surface area contributed by atoms with E-state index in [9.17, 15) is 4.79 Å². The second kappa shape index (κ2) is 6.70. The standard InChI is InChI=1S/C14H16IN3O/c1-11-7-10-18(17-11)9-4-8-16-14(19)12-5-2-3-6-13(12)15/h2-3,5-7,10H,4,8-9H2,1H3,(H,16,19). The molecule has 1 N–H and O–H groups in total. The van der Waals surface area contributed by atoms with Crippen LogP contribution in [0.4, 0.5) is 0 Å². The van der Waals surface area contributed by atoms with Gasteiger partial charge in [0, 0.05) is 22.9 Å². The number of rotatable bonds is 5. The highest BCUT2D eigenvalue weighted by Gasteiger charge is 2.07. The highest BCUT2D eigenvalue weighted by molar-refractivity contribution is 14.1. The lowest BCUT2D eigenvalue weighted by Gasteiger charge is -2.07. The summed E-state index contributed by atoms with van der Waals surface area (Å²) in [5.74, 6) is -0.0124. The van der Waals surface area contributed by atoms with Gasteiger partial charge in [-0.2, -0.15) is 5.10 Å². The smallest absolute Gasteiger partial charge is 0.252 e. The van der Waals surface area contributed by atoms with Gasteiger partial charge in [-0.05, 0) is 54.1 Å². The Kier molecular flexibility index (Phi) is 4.95. The van der Waals surface area contributed by atoms with Gasteiger partial charge in [0.1, 0.15) is 0 Å². The van der Waals surface area contributed by atoms with Gasteiger partial charge in [-0.1, -0.05) is 12.1 Å². The molecule has 4 nitrogen and oxygen atoms in total. The molecule has 0 aliphatic rings. The van der Waals surface area contributed by atoms with E-state index in [1.165, 1.54) is 0 Å².